The number of morpholine rings is 1. The normalized spacial score (nSPS) is 23.5. The van der Waals surface area contributed by atoms with Crippen LogP contribution in [0.2, 0.25) is 0 Å². The lowest BCUT2D eigenvalue weighted by Crippen LogP contribution is -2.58. The van der Waals surface area contributed by atoms with E-state index in [0.717, 1.165) is 67.8 Å². The van der Waals surface area contributed by atoms with Crippen LogP contribution < -0.4 is 4.90 Å². The third-order valence-corrected chi connectivity index (χ3v) is 7.51. The van der Waals surface area contributed by atoms with Crippen LogP contribution in [0.3, 0.4) is 0 Å². The monoisotopic (exact) mass is 418 g/mol. The van der Waals surface area contributed by atoms with E-state index in [9.17, 15) is 0 Å². The average molecular weight is 419 g/mol. The predicted octanol–water partition coefficient (Wildman–Crippen LogP) is 3.09. The fourth-order valence-electron chi connectivity index (χ4n) is 5.33. The van der Waals surface area contributed by atoms with Crippen LogP contribution in [0.5, 0.6) is 0 Å². The van der Waals surface area contributed by atoms with Gasteiger partial charge in [0.2, 0.25) is 0 Å². The molecule has 1 aliphatic carbocycles. The van der Waals surface area contributed by atoms with Gasteiger partial charge in [-0.15, -0.1) is 0 Å². The van der Waals surface area contributed by atoms with Crippen LogP contribution in [0.4, 0.5) is 5.82 Å². The molecular formula is C24H30N6O. The maximum atomic E-state index is 5.72. The number of fused-ring (bicyclic) bond motifs is 2. The number of nitrogens with zero attached hydrogens (tertiary/aromatic N) is 6. The van der Waals surface area contributed by atoms with Crippen molar-refractivity contribution in [1.29, 1.82) is 0 Å². The number of anilines is 1. The molecule has 0 spiro atoms. The Morgan fingerprint density at radius 3 is 2.77 bits per heavy atom. The zero-order chi connectivity index (χ0) is 21.0. The summed E-state index contributed by atoms with van der Waals surface area (Å²) in [5.41, 5.74) is 2.84. The lowest BCUT2D eigenvalue weighted by Gasteiger charge is -2.44. The second-order valence-electron chi connectivity index (χ2n) is 9.59. The third kappa shape index (κ3) is 3.31. The third-order valence-electron chi connectivity index (χ3n) is 7.51. The molecule has 7 heteroatoms. The standard InChI is InChI=1S/C24H30N6O/c1-17-26-22(29-9-8-28-10-11-31-16-20(28)15-29)13-23(27-17)30-21-12-19(24(2)6-3-7-24)5-4-18(21)14-25-30/h4-5,12-14,20H,3,6-11,15-16H2,1-2H3/t20-/m0/s1. The molecule has 3 fully saturated rings. The fourth-order valence-corrected chi connectivity index (χ4v) is 5.33. The lowest BCUT2D eigenvalue weighted by molar-refractivity contribution is -0.0117. The number of hydrogen-bond acceptors (Lipinski definition) is 6. The highest BCUT2D eigenvalue weighted by molar-refractivity contribution is 5.81. The summed E-state index contributed by atoms with van der Waals surface area (Å²) >= 11 is 0. The van der Waals surface area contributed by atoms with Gasteiger partial charge in [0, 0.05) is 37.6 Å². The first-order valence-corrected chi connectivity index (χ1v) is 11.5. The summed E-state index contributed by atoms with van der Waals surface area (Å²) in [6.45, 7) is 10.0. The molecule has 2 aliphatic heterocycles. The maximum Gasteiger partial charge on any atom is 0.159 e. The molecule has 0 amide bonds. The summed E-state index contributed by atoms with van der Waals surface area (Å²) in [5, 5.41) is 5.86. The van der Waals surface area contributed by atoms with Crippen molar-refractivity contribution in [3.8, 4) is 5.82 Å². The molecule has 0 N–H and O–H groups in total. The summed E-state index contributed by atoms with van der Waals surface area (Å²) in [5.74, 6) is 2.61. The minimum Gasteiger partial charge on any atom is -0.378 e. The van der Waals surface area contributed by atoms with E-state index in [0.29, 0.717) is 11.5 Å². The Morgan fingerprint density at radius 2 is 1.94 bits per heavy atom. The Balaban J connectivity index is 1.35. The number of hydrogen-bond donors (Lipinski definition) is 0. The lowest BCUT2D eigenvalue weighted by atomic mass is 9.66. The van der Waals surface area contributed by atoms with E-state index in [1.165, 1.54) is 24.8 Å². The molecule has 0 unspecified atom stereocenters. The smallest absolute Gasteiger partial charge is 0.159 e. The molecule has 3 aromatic rings. The highest BCUT2D eigenvalue weighted by Crippen LogP contribution is 2.43. The van der Waals surface area contributed by atoms with Crippen molar-refractivity contribution >= 4 is 16.7 Å². The van der Waals surface area contributed by atoms with E-state index in [2.05, 4.69) is 41.0 Å². The Kier molecular flexibility index (Phi) is 4.51. The number of rotatable bonds is 3. The molecule has 1 aromatic carbocycles. The van der Waals surface area contributed by atoms with Crippen LogP contribution in [-0.4, -0.2) is 70.1 Å². The van der Waals surface area contributed by atoms with Crippen molar-refractivity contribution in [2.45, 2.75) is 44.6 Å². The topological polar surface area (TPSA) is 59.3 Å². The highest BCUT2D eigenvalue weighted by atomic mass is 16.5. The van der Waals surface area contributed by atoms with Crippen LogP contribution in [0.15, 0.2) is 30.5 Å². The molecule has 2 aromatic heterocycles. The first-order chi connectivity index (χ1) is 15.1. The van der Waals surface area contributed by atoms with Gasteiger partial charge in [-0.25, -0.2) is 14.6 Å². The molecule has 4 heterocycles. The number of aromatic nitrogens is 4. The highest BCUT2D eigenvalue weighted by Gasteiger charge is 2.34. The van der Waals surface area contributed by atoms with E-state index < -0.39 is 0 Å². The number of piperazine rings is 1. The van der Waals surface area contributed by atoms with Gasteiger partial charge in [0.05, 0.1) is 31.0 Å². The molecule has 31 heavy (non-hydrogen) atoms. The number of ether oxygens (including phenoxy) is 1. The first-order valence-electron chi connectivity index (χ1n) is 11.5. The van der Waals surface area contributed by atoms with Crippen molar-refractivity contribution in [2.75, 3.05) is 44.3 Å². The molecule has 6 rings (SSSR count). The molecule has 7 nitrogen and oxygen atoms in total. The van der Waals surface area contributed by atoms with Crippen molar-refractivity contribution in [1.82, 2.24) is 24.6 Å². The molecule has 1 atom stereocenters. The van der Waals surface area contributed by atoms with E-state index >= 15 is 0 Å². The van der Waals surface area contributed by atoms with Gasteiger partial charge in [0.1, 0.15) is 11.6 Å². The maximum absolute atomic E-state index is 5.72. The Hall–Kier alpha value is -2.51. The van der Waals surface area contributed by atoms with E-state index in [1.54, 1.807) is 0 Å². The summed E-state index contributed by atoms with van der Waals surface area (Å²) in [6.07, 6.45) is 5.79. The number of benzene rings is 1. The van der Waals surface area contributed by atoms with Crippen LogP contribution in [-0.2, 0) is 10.2 Å². The Morgan fingerprint density at radius 1 is 1.06 bits per heavy atom. The van der Waals surface area contributed by atoms with Crippen LogP contribution in [0.1, 0.15) is 37.6 Å². The van der Waals surface area contributed by atoms with Gasteiger partial charge in [0.25, 0.3) is 0 Å². The van der Waals surface area contributed by atoms with Gasteiger partial charge < -0.3 is 9.64 Å². The predicted molar refractivity (Wildman–Crippen MR) is 121 cm³/mol. The average Bonchev–Trinajstić information content (AvgIpc) is 3.20. The van der Waals surface area contributed by atoms with Crippen LogP contribution in [0, 0.1) is 6.92 Å². The van der Waals surface area contributed by atoms with Crippen LogP contribution >= 0.6 is 0 Å². The summed E-state index contributed by atoms with van der Waals surface area (Å²) < 4.78 is 7.70. The molecule has 0 bridgehead atoms. The van der Waals surface area contributed by atoms with E-state index in [-0.39, 0.29) is 0 Å². The van der Waals surface area contributed by atoms with Gasteiger partial charge in [0.15, 0.2) is 5.82 Å². The fraction of sp³-hybridized carbons (Fsp3) is 0.542. The van der Waals surface area contributed by atoms with Crippen LogP contribution in [0.25, 0.3) is 16.7 Å². The SMILES string of the molecule is Cc1nc(N2CCN3CCOC[C@@H]3C2)cc(-n2ncc3ccc(C4(C)CCC4)cc32)n1. The largest absolute Gasteiger partial charge is 0.378 e. The van der Waals surface area contributed by atoms with Gasteiger partial charge in [-0.3, -0.25) is 4.90 Å². The molecule has 162 valence electrons. The summed E-state index contributed by atoms with van der Waals surface area (Å²) in [7, 11) is 0. The van der Waals surface area contributed by atoms with Gasteiger partial charge in [-0.1, -0.05) is 25.5 Å². The van der Waals surface area contributed by atoms with E-state index in [1.807, 2.05) is 17.8 Å². The zero-order valence-electron chi connectivity index (χ0n) is 18.4. The first kappa shape index (κ1) is 19.2. The van der Waals surface area contributed by atoms with Crippen molar-refractivity contribution in [2.24, 2.45) is 0 Å². The molecular weight excluding hydrogens is 388 g/mol. The van der Waals surface area contributed by atoms with E-state index in [4.69, 9.17) is 19.8 Å². The molecule has 3 aliphatic rings. The van der Waals surface area contributed by atoms with Crippen molar-refractivity contribution in [3.63, 3.8) is 0 Å². The van der Waals surface area contributed by atoms with Gasteiger partial charge in [-0.05, 0) is 36.8 Å². The minimum atomic E-state index is 0.303. The molecule has 0 radical (unpaired) electrons. The van der Waals surface area contributed by atoms with Crippen molar-refractivity contribution in [3.05, 3.63) is 41.9 Å². The second-order valence-corrected chi connectivity index (χ2v) is 9.59. The number of aryl methyl sites for hydroxylation is 1. The summed E-state index contributed by atoms with van der Waals surface area (Å²) in [4.78, 5) is 14.5. The quantitative estimate of drug-likeness (QED) is 0.652. The second kappa shape index (κ2) is 7.28. The van der Waals surface area contributed by atoms with Gasteiger partial charge >= 0.3 is 0 Å². The Bertz CT molecular complexity index is 1120. The minimum absolute atomic E-state index is 0.303. The molecule has 2 saturated heterocycles. The molecule has 1 saturated carbocycles. The summed E-state index contributed by atoms with van der Waals surface area (Å²) in [6, 6.07) is 9.33. The zero-order valence-corrected chi connectivity index (χ0v) is 18.4. The Labute approximate surface area is 183 Å². The van der Waals surface area contributed by atoms with Gasteiger partial charge in [-0.2, -0.15) is 5.10 Å². The van der Waals surface area contributed by atoms with Crippen molar-refractivity contribution < 1.29 is 4.74 Å².